The fraction of sp³-hybridized carbons (Fsp3) is 0.323. The van der Waals surface area contributed by atoms with Crippen LogP contribution in [0.4, 0.5) is 23.0 Å². The first-order chi connectivity index (χ1) is 20.2. The molecule has 0 radical (unpaired) electrons. The van der Waals surface area contributed by atoms with Gasteiger partial charge in [0, 0.05) is 61.0 Å². The Labute approximate surface area is 245 Å². The lowest BCUT2D eigenvalue weighted by Gasteiger charge is -2.27. The minimum atomic E-state index is -0.858. The average molecular weight is 572 g/mol. The molecule has 220 valence electrons. The molecule has 2 aromatic carbocycles. The van der Waals surface area contributed by atoms with Crippen molar-refractivity contribution in [3.05, 3.63) is 67.0 Å². The van der Waals surface area contributed by atoms with Gasteiger partial charge in [0.2, 0.25) is 11.9 Å². The molecule has 1 aliphatic rings. The number of likely N-dealkylation sites (N-methyl/N-ethyl adjacent to an activating group) is 2. The Balaban J connectivity index is 1.54. The molecule has 2 atom stereocenters. The number of aliphatic hydroxyl groups is 2. The molecule has 1 aliphatic heterocycles. The number of nitrogens with one attached hydrogen (secondary N) is 2. The maximum Gasteiger partial charge on any atom is 0.247 e. The van der Waals surface area contributed by atoms with Crippen LogP contribution in [-0.2, 0) is 17.8 Å². The Morgan fingerprint density at radius 1 is 1.14 bits per heavy atom. The van der Waals surface area contributed by atoms with Crippen molar-refractivity contribution in [2.75, 3.05) is 56.9 Å². The van der Waals surface area contributed by atoms with Crippen molar-refractivity contribution in [1.29, 1.82) is 0 Å². The van der Waals surface area contributed by atoms with Crippen LogP contribution >= 0.6 is 0 Å². The smallest absolute Gasteiger partial charge is 0.247 e. The molecule has 0 aliphatic carbocycles. The molecule has 42 heavy (non-hydrogen) atoms. The van der Waals surface area contributed by atoms with E-state index in [1.807, 2.05) is 57.5 Å². The number of benzene rings is 2. The molecule has 0 spiro atoms. The number of carbonyl (C=O) groups excluding carboxylic acids is 1. The molecule has 4 aromatic rings. The van der Waals surface area contributed by atoms with Crippen LogP contribution in [0.5, 0.6) is 5.75 Å². The molecule has 11 nitrogen and oxygen atoms in total. The van der Waals surface area contributed by atoms with Crippen molar-refractivity contribution >= 4 is 39.8 Å². The Morgan fingerprint density at radius 3 is 2.67 bits per heavy atom. The van der Waals surface area contributed by atoms with Gasteiger partial charge in [-0.15, -0.1) is 0 Å². The molecular formula is C31H37N7O4. The minimum Gasteiger partial charge on any atom is -0.494 e. The van der Waals surface area contributed by atoms with Gasteiger partial charge in [0.1, 0.15) is 5.75 Å². The number of methoxy groups -OCH3 is 1. The number of aromatic nitrogens is 3. The molecule has 2 unspecified atom stereocenters. The van der Waals surface area contributed by atoms with E-state index in [-0.39, 0.29) is 5.91 Å². The van der Waals surface area contributed by atoms with Gasteiger partial charge in [0.05, 0.1) is 48.6 Å². The van der Waals surface area contributed by atoms with Gasteiger partial charge in [-0.3, -0.25) is 4.79 Å². The lowest BCUT2D eigenvalue weighted by atomic mass is 9.99. The number of nitrogens with zero attached hydrogens (tertiary/aromatic N) is 5. The second-order valence-corrected chi connectivity index (χ2v) is 10.7. The number of aliphatic hydroxyl groups excluding tert-OH is 2. The van der Waals surface area contributed by atoms with E-state index in [4.69, 9.17) is 9.72 Å². The molecule has 0 saturated carbocycles. The van der Waals surface area contributed by atoms with Crippen LogP contribution in [0.1, 0.15) is 5.69 Å². The van der Waals surface area contributed by atoms with Gasteiger partial charge >= 0.3 is 0 Å². The number of amides is 1. The SMILES string of the molecule is C=CC(=O)Nc1cc(Nc2nccc(-c3c4n(c5ccccc35)CC(O)C(O)C4)n2)c(OC)cc1N(C)CCN(C)C. The molecule has 0 bridgehead atoms. The van der Waals surface area contributed by atoms with Crippen LogP contribution in [0.2, 0.25) is 0 Å². The molecular weight excluding hydrogens is 534 g/mol. The zero-order valence-electron chi connectivity index (χ0n) is 24.3. The maximum atomic E-state index is 12.3. The third-order valence-electron chi connectivity index (χ3n) is 7.51. The fourth-order valence-corrected chi connectivity index (χ4v) is 5.29. The largest absolute Gasteiger partial charge is 0.494 e. The normalized spacial score (nSPS) is 16.3. The van der Waals surface area contributed by atoms with Gasteiger partial charge in [-0.1, -0.05) is 24.8 Å². The van der Waals surface area contributed by atoms with Gasteiger partial charge in [-0.05, 0) is 38.4 Å². The number of hydrogen-bond donors (Lipinski definition) is 4. The lowest BCUT2D eigenvalue weighted by Crippen LogP contribution is -2.37. The second kappa shape index (κ2) is 12.2. The van der Waals surface area contributed by atoms with Gasteiger partial charge in [-0.25, -0.2) is 9.97 Å². The summed E-state index contributed by atoms with van der Waals surface area (Å²) in [6.45, 7) is 5.44. The van der Waals surface area contributed by atoms with Gasteiger partial charge in [0.15, 0.2) is 0 Å². The molecule has 0 saturated heterocycles. The third-order valence-corrected chi connectivity index (χ3v) is 7.51. The molecule has 3 heterocycles. The topological polar surface area (TPSA) is 128 Å². The summed E-state index contributed by atoms with van der Waals surface area (Å²) in [7, 11) is 7.56. The van der Waals surface area contributed by atoms with Gasteiger partial charge < -0.3 is 40.0 Å². The minimum absolute atomic E-state index is 0.305. The van der Waals surface area contributed by atoms with E-state index in [0.29, 0.717) is 41.7 Å². The first-order valence-corrected chi connectivity index (χ1v) is 13.8. The Morgan fingerprint density at radius 2 is 1.93 bits per heavy atom. The number of carbonyl (C=O) groups is 1. The van der Waals surface area contributed by atoms with Crippen molar-refractivity contribution in [1.82, 2.24) is 19.4 Å². The molecule has 4 N–H and O–H groups in total. The predicted molar refractivity (Wildman–Crippen MR) is 166 cm³/mol. The quantitative estimate of drug-likeness (QED) is 0.212. The van der Waals surface area contributed by atoms with Crippen LogP contribution in [-0.4, -0.2) is 89.1 Å². The van der Waals surface area contributed by atoms with Crippen LogP contribution < -0.4 is 20.3 Å². The van der Waals surface area contributed by atoms with Crippen LogP contribution in [0.15, 0.2) is 61.3 Å². The number of hydrogen-bond acceptors (Lipinski definition) is 9. The van der Waals surface area contributed by atoms with Gasteiger partial charge in [-0.2, -0.15) is 0 Å². The second-order valence-electron chi connectivity index (χ2n) is 10.7. The maximum absolute atomic E-state index is 12.3. The average Bonchev–Trinajstić information content (AvgIpc) is 3.29. The van der Waals surface area contributed by atoms with E-state index in [1.54, 1.807) is 19.4 Å². The van der Waals surface area contributed by atoms with Gasteiger partial charge in [0.25, 0.3) is 0 Å². The summed E-state index contributed by atoms with van der Waals surface area (Å²) in [5.41, 5.74) is 5.40. The summed E-state index contributed by atoms with van der Waals surface area (Å²) in [5, 5.41) is 28.0. The van der Waals surface area contributed by atoms with Crippen LogP contribution in [0.25, 0.3) is 22.2 Å². The van der Waals surface area contributed by atoms with E-state index >= 15 is 0 Å². The highest BCUT2D eigenvalue weighted by Gasteiger charge is 2.30. The first kappa shape index (κ1) is 29.1. The summed E-state index contributed by atoms with van der Waals surface area (Å²) in [6.07, 6.45) is 1.51. The number of para-hydroxylation sites is 1. The van der Waals surface area contributed by atoms with E-state index in [0.717, 1.165) is 40.9 Å². The Hall–Kier alpha value is -4.45. The van der Waals surface area contributed by atoms with Crippen molar-refractivity contribution in [3.63, 3.8) is 0 Å². The highest BCUT2D eigenvalue weighted by molar-refractivity contribution is 6.02. The Bertz CT molecular complexity index is 1620. The van der Waals surface area contributed by atoms with Crippen molar-refractivity contribution < 1.29 is 19.7 Å². The highest BCUT2D eigenvalue weighted by Crippen LogP contribution is 2.40. The lowest BCUT2D eigenvalue weighted by molar-refractivity contribution is -0.111. The number of ether oxygens (including phenoxy) is 1. The van der Waals surface area contributed by atoms with E-state index in [2.05, 4.69) is 36.6 Å². The molecule has 11 heteroatoms. The summed E-state index contributed by atoms with van der Waals surface area (Å²) in [4.78, 5) is 25.8. The van der Waals surface area contributed by atoms with Crippen LogP contribution in [0, 0.1) is 0 Å². The van der Waals surface area contributed by atoms with Crippen molar-refractivity contribution in [3.8, 4) is 17.0 Å². The van der Waals surface area contributed by atoms with E-state index < -0.39 is 12.2 Å². The fourth-order valence-electron chi connectivity index (χ4n) is 5.29. The van der Waals surface area contributed by atoms with E-state index in [1.165, 1.54) is 6.08 Å². The number of fused-ring (bicyclic) bond motifs is 3. The van der Waals surface area contributed by atoms with Crippen LogP contribution in [0.3, 0.4) is 0 Å². The first-order valence-electron chi connectivity index (χ1n) is 13.8. The number of anilines is 4. The summed E-state index contributed by atoms with van der Waals surface area (Å²) in [5.74, 6) is 0.557. The van der Waals surface area contributed by atoms with E-state index in [9.17, 15) is 15.0 Å². The molecule has 0 fully saturated rings. The summed E-state index contributed by atoms with van der Waals surface area (Å²) < 4.78 is 7.79. The zero-order chi connectivity index (χ0) is 30.0. The summed E-state index contributed by atoms with van der Waals surface area (Å²) in [6, 6.07) is 13.4. The van der Waals surface area contributed by atoms with Crippen molar-refractivity contribution in [2.45, 2.75) is 25.2 Å². The Kier molecular flexibility index (Phi) is 8.44. The number of rotatable bonds is 10. The monoisotopic (exact) mass is 571 g/mol. The molecule has 1 amide bonds. The third kappa shape index (κ3) is 5.80. The standard InChI is InChI=1S/C31H37N7O4/c1-6-29(41)33-21-15-22(28(42-5)17-24(21)37(4)14-13-36(2)3)35-31-32-12-11-20(34-31)30-19-9-7-8-10-23(19)38-18-27(40)26(39)16-25(30)38/h6-12,15,17,26-27,39-40H,1,13-14,16,18H2,2-5H3,(H,33,41)(H,32,34,35). The zero-order valence-corrected chi connectivity index (χ0v) is 24.3. The predicted octanol–water partition coefficient (Wildman–Crippen LogP) is 3.25. The summed E-state index contributed by atoms with van der Waals surface area (Å²) >= 11 is 0. The molecule has 2 aromatic heterocycles. The van der Waals surface area contributed by atoms with Crippen molar-refractivity contribution in [2.24, 2.45) is 0 Å². The highest BCUT2D eigenvalue weighted by atomic mass is 16.5. The molecule has 5 rings (SSSR count).